The molecule has 1 unspecified atom stereocenters. The third-order valence-corrected chi connectivity index (χ3v) is 3.90. The number of quaternary nitrogens is 1. The third kappa shape index (κ3) is 4.99. The number of rotatable bonds is 6. The fourth-order valence-corrected chi connectivity index (χ4v) is 2.50. The van der Waals surface area contributed by atoms with Crippen LogP contribution in [-0.4, -0.2) is 26.2 Å². The molecule has 21 heavy (non-hydrogen) atoms. The lowest BCUT2D eigenvalue weighted by atomic mass is 10.2. The van der Waals surface area contributed by atoms with Crippen LogP contribution in [0.3, 0.4) is 0 Å². The zero-order chi connectivity index (χ0) is 15.1. The summed E-state index contributed by atoms with van der Waals surface area (Å²) in [5, 5.41) is 0. The Bertz CT molecular complexity index is 586. The van der Waals surface area contributed by atoms with E-state index in [9.17, 15) is 4.79 Å². The molecule has 1 N–H and O–H groups in total. The second-order valence-electron chi connectivity index (χ2n) is 4.99. The number of likely N-dealkylation sites (N-methyl/N-ethyl adjacent to an activating group) is 1. The van der Waals surface area contributed by atoms with E-state index in [2.05, 4.69) is 35.1 Å². The van der Waals surface area contributed by atoms with Gasteiger partial charge in [0.25, 0.3) is 0 Å². The van der Waals surface area contributed by atoms with Gasteiger partial charge in [0.2, 0.25) is 0 Å². The average Bonchev–Trinajstić information content (AvgIpc) is 2.48. The number of halogens is 1. The molecule has 1 atom stereocenters. The van der Waals surface area contributed by atoms with E-state index in [-0.39, 0.29) is 5.97 Å². The number of esters is 1. The quantitative estimate of drug-likeness (QED) is 0.812. The lowest BCUT2D eigenvalue weighted by Crippen LogP contribution is -3.08. The van der Waals surface area contributed by atoms with Gasteiger partial charge in [-0.05, 0) is 28.1 Å². The van der Waals surface area contributed by atoms with Crippen LogP contribution in [0.5, 0.6) is 0 Å². The third-order valence-electron chi connectivity index (χ3n) is 3.20. The number of ether oxygens (including phenoxy) is 1. The monoisotopic (exact) mass is 348 g/mol. The van der Waals surface area contributed by atoms with Crippen molar-refractivity contribution in [1.29, 1.82) is 0 Å². The minimum Gasteiger partial charge on any atom is -0.456 e. The number of carbonyl (C=O) groups excluding carboxylic acids is 1. The number of benzene rings is 2. The molecule has 0 saturated heterocycles. The Kier molecular flexibility index (Phi) is 5.96. The summed E-state index contributed by atoms with van der Waals surface area (Å²) >= 11 is 3.36. The van der Waals surface area contributed by atoms with Crippen molar-refractivity contribution in [3.05, 3.63) is 70.2 Å². The van der Waals surface area contributed by atoms with Crippen LogP contribution in [0, 0.1) is 0 Å². The van der Waals surface area contributed by atoms with Crippen LogP contribution in [0.1, 0.15) is 15.9 Å². The van der Waals surface area contributed by atoms with E-state index in [1.54, 1.807) is 6.07 Å². The van der Waals surface area contributed by atoms with Crippen LogP contribution in [0.25, 0.3) is 0 Å². The fraction of sp³-hybridized carbons (Fsp3) is 0.235. The summed E-state index contributed by atoms with van der Waals surface area (Å²) < 4.78 is 6.09. The predicted molar refractivity (Wildman–Crippen MR) is 86.3 cm³/mol. The molecule has 0 fully saturated rings. The lowest BCUT2D eigenvalue weighted by Gasteiger charge is -2.14. The average molecular weight is 349 g/mol. The molecule has 0 radical (unpaired) electrons. The first-order chi connectivity index (χ1) is 10.2. The number of hydrogen-bond donors (Lipinski definition) is 1. The van der Waals surface area contributed by atoms with Gasteiger partial charge in [-0.1, -0.05) is 42.5 Å². The molecule has 0 spiro atoms. The molecule has 0 aromatic heterocycles. The van der Waals surface area contributed by atoms with Gasteiger partial charge >= 0.3 is 5.97 Å². The minimum absolute atomic E-state index is 0.282. The van der Waals surface area contributed by atoms with Crippen molar-refractivity contribution in [3.8, 4) is 0 Å². The molecule has 0 aliphatic heterocycles. The maximum Gasteiger partial charge on any atom is 0.339 e. The van der Waals surface area contributed by atoms with E-state index >= 15 is 0 Å². The van der Waals surface area contributed by atoms with E-state index in [0.717, 1.165) is 17.6 Å². The highest BCUT2D eigenvalue weighted by atomic mass is 79.9. The van der Waals surface area contributed by atoms with E-state index in [4.69, 9.17) is 4.74 Å². The first-order valence-electron chi connectivity index (χ1n) is 6.93. The molecule has 0 aliphatic carbocycles. The Morgan fingerprint density at radius 2 is 1.76 bits per heavy atom. The van der Waals surface area contributed by atoms with Crippen LogP contribution < -0.4 is 4.90 Å². The molecule has 0 amide bonds. The first kappa shape index (κ1) is 15.7. The molecule has 110 valence electrons. The van der Waals surface area contributed by atoms with Crippen LogP contribution in [0.15, 0.2) is 59.1 Å². The van der Waals surface area contributed by atoms with Gasteiger partial charge in [-0.15, -0.1) is 0 Å². The standard InChI is InChI=1S/C17H18BrNO2/c1-19(13-14-7-3-2-4-8-14)11-12-21-17(20)15-9-5-6-10-16(15)18/h2-10H,11-13H2,1H3/p+1. The molecule has 2 rings (SSSR count). The topological polar surface area (TPSA) is 30.7 Å². The van der Waals surface area contributed by atoms with Crippen molar-refractivity contribution < 1.29 is 14.4 Å². The van der Waals surface area contributed by atoms with Gasteiger partial charge in [-0.25, -0.2) is 4.79 Å². The molecule has 0 saturated carbocycles. The zero-order valence-corrected chi connectivity index (χ0v) is 13.6. The second kappa shape index (κ2) is 7.96. The fourth-order valence-electron chi connectivity index (χ4n) is 2.06. The van der Waals surface area contributed by atoms with Crippen molar-refractivity contribution in [3.63, 3.8) is 0 Å². The molecule has 0 heterocycles. The zero-order valence-electron chi connectivity index (χ0n) is 12.0. The maximum atomic E-state index is 11.9. The van der Waals surface area contributed by atoms with Crippen LogP contribution in [0.4, 0.5) is 0 Å². The van der Waals surface area contributed by atoms with Crippen molar-refractivity contribution in [1.82, 2.24) is 0 Å². The Hall–Kier alpha value is -1.65. The van der Waals surface area contributed by atoms with Gasteiger partial charge in [0.15, 0.2) is 0 Å². The molecule has 0 bridgehead atoms. The van der Waals surface area contributed by atoms with Crippen LogP contribution in [0.2, 0.25) is 0 Å². The molecule has 2 aromatic rings. The summed E-state index contributed by atoms with van der Waals surface area (Å²) in [6.07, 6.45) is 0. The van der Waals surface area contributed by atoms with Crippen molar-refractivity contribution in [2.24, 2.45) is 0 Å². The second-order valence-corrected chi connectivity index (χ2v) is 5.84. The van der Waals surface area contributed by atoms with Crippen molar-refractivity contribution >= 4 is 21.9 Å². The van der Waals surface area contributed by atoms with Gasteiger partial charge in [0.05, 0.1) is 12.6 Å². The van der Waals surface area contributed by atoms with Crippen molar-refractivity contribution in [2.45, 2.75) is 6.54 Å². The maximum absolute atomic E-state index is 11.9. The summed E-state index contributed by atoms with van der Waals surface area (Å²) in [6, 6.07) is 17.6. The number of hydrogen-bond acceptors (Lipinski definition) is 2. The summed E-state index contributed by atoms with van der Waals surface area (Å²) in [5.74, 6) is -0.282. The molecule has 2 aromatic carbocycles. The largest absolute Gasteiger partial charge is 0.456 e. The Morgan fingerprint density at radius 1 is 1.10 bits per heavy atom. The van der Waals surface area contributed by atoms with Gasteiger partial charge in [0, 0.05) is 10.0 Å². The molecule has 3 nitrogen and oxygen atoms in total. The first-order valence-corrected chi connectivity index (χ1v) is 7.73. The predicted octanol–water partition coefficient (Wildman–Crippen LogP) is 2.32. The Balaban J connectivity index is 1.76. The summed E-state index contributed by atoms with van der Waals surface area (Å²) in [7, 11) is 2.10. The van der Waals surface area contributed by atoms with Gasteiger partial charge in [-0.2, -0.15) is 0 Å². The van der Waals surface area contributed by atoms with E-state index in [1.807, 2.05) is 36.4 Å². The molecular weight excluding hydrogens is 330 g/mol. The normalized spacial score (nSPS) is 11.9. The Morgan fingerprint density at radius 3 is 2.48 bits per heavy atom. The van der Waals surface area contributed by atoms with Crippen LogP contribution >= 0.6 is 15.9 Å². The molecule has 4 heteroatoms. The summed E-state index contributed by atoms with van der Waals surface area (Å²) in [5.41, 5.74) is 1.85. The highest BCUT2D eigenvalue weighted by molar-refractivity contribution is 9.10. The molecular formula is C17H19BrNO2+. The number of carbonyl (C=O) groups is 1. The SMILES string of the molecule is C[NH+](CCOC(=O)c1ccccc1Br)Cc1ccccc1. The summed E-state index contributed by atoms with van der Waals surface area (Å²) in [6.45, 7) is 2.12. The molecule has 0 aliphatic rings. The lowest BCUT2D eigenvalue weighted by molar-refractivity contribution is -0.893. The highest BCUT2D eigenvalue weighted by Gasteiger charge is 2.11. The van der Waals surface area contributed by atoms with Gasteiger partial charge < -0.3 is 9.64 Å². The highest BCUT2D eigenvalue weighted by Crippen LogP contribution is 2.16. The smallest absolute Gasteiger partial charge is 0.339 e. The minimum atomic E-state index is -0.282. The Labute approximate surface area is 133 Å². The van der Waals surface area contributed by atoms with E-state index < -0.39 is 0 Å². The van der Waals surface area contributed by atoms with Gasteiger partial charge in [0.1, 0.15) is 19.7 Å². The van der Waals surface area contributed by atoms with Crippen molar-refractivity contribution in [2.75, 3.05) is 20.2 Å². The van der Waals surface area contributed by atoms with Crippen LogP contribution in [-0.2, 0) is 11.3 Å². The van der Waals surface area contributed by atoms with Gasteiger partial charge in [-0.3, -0.25) is 0 Å². The van der Waals surface area contributed by atoms with E-state index in [1.165, 1.54) is 10.5 Å². The summed E-state index contributed by atoms with van der Waals surface area (Å²) in [4.78, 5) is 13.3. The van der Waals surface area contributed by atoms with E-state index in [0.29, 0.717) is 12.2 Å². The number of nitrogens with one attached hydrogen (secondary N) is 1.